The monoisotopic (exact) mass is 613 g/mol. The quantitative estimate of drug-likeness (QED) is 0.255. The van der Waals surface area contributed by atoms with E-state index in [0.29, 0.717) is 11.5 Å². The van der Waals surface area contributed by atoms with E-state index in [0.717, 1.165) is 46.4 Å². The maximum absolute atomic E-state index is 13.6. The lowest BCUT2D eigenvalue weighted by Gasteiger charge is -2.23. The highest BCUT2D eigenvalue weighted by Gasteiger charge is 2.33. The van der Waals surface area contributed by atoms with Gasteiger partial charge >= 0.3 is 6.09 Å². The molecule has 0 saturated carbocycles. The number of hydrogen-bond acceptors (Lipinski definition) is 6. The van der Waals surface area contributed by atoms with Gasteiger partial charge in [-0.3, -0.25) is 9.59 Å². The Morgan fingerprint density at radius 3 is 2.26 bits per heavy atom. The van der Waals surface area contributed by atoms with Gasteiger partial charge in [0, 0.05) is 17.4 Å². The van der Waals surface area contributed by atoms with Gasteiger partial charge in [-0.25, -0.2) is 4.79 Å². The number of rotatable bonds is 12. The van der Waals surface area contributed by atoms with Gasteiger partial charge in [0.1, 0.15) is 17.9 Å². The molecule has 0 bridgehead atoms. The Morgan fingerprint density at radius 2 is 1.63 bits per heavy atom. The maximum Gasteiger partial charge on any atom is 0.407 e. The number of nitrogens with one attached hydrogen (secondary N) is 2. The summed E-state index contributed by atoms with van der Waals surface area (Å²) in [6, 6.07) is 26.5. The molecule has 0 aromatic heterocycles. The number of ketones is 1. The lowest BCUT2D eigenvalue weighted by molar-refractivity contribution is -0.127. The molecule has 4 atom stereocenters. The zero-order valence-corrected chi connectivity index (χ0v) is 25.7. The highest BCUT2D eigenvalue weighted by atomic mass is 32.2. The number of nitrogens with zero attached hydrogens (tertiary/aromatic N) is 1. The highest BCUT2D eigenvalue weighted by molar-refractivity contribution is 8.16. The van der Waals surface area contributed by atoms with Gasteiger partial charge in [-0.2, -0.15) is 27.5 Å². The van der Waals surface area contributed by atoms with Crippen LogP contribution in [-0.4, -0.2) is 58.6 Å². The number of amides is 2. The first kappa shape index (κ1) is 30.6. The SMILES string of the molecule is C[C@H](NC(=O)OCC1c2ccccc2-c2ccccc21)C(=O)N[C@@H](CSCc1ccccc1)C(=O)C(C#N)S1=CCCC1. The summed E-state index contributed by atoms with van der Waals surface area (Å²) < 4.78 is 5.60. The van der Waals surface area contributed by atoms with Crippen LogP contribution in [0.1, 0.15) is 42.4 Å². The molecule has 1 aliphatic heterocycles. The smallest absolute Gasteiger partial charge is 0.407 e. The fourth-order valence-electron chi connectivity index (χ4n) is 5.49. The fraction of sp³-hybridized carbons (Fsp3) is 0.324. The lowest BCUT2D eigenvalue weighted by Crippen LogP contribution is -2.53. The number of carbonyl (C=O) groups is 3. The van der Waals surface area contributed by atoms with Crippen LogP contribution in [0, 0.1) is 11.3 Å². The predicted octanol–water partition coefficient (Wildman–Crippen LogP) is 5.66. The van der Waals surface area contributed by atoms with Crippen LogP contribution in [0.4, 0.5) is 4.79 Å². The van der Waals surface area contributed by atoms with Gasteiger partial charge in [-0.1, -0.05) is 84.2 Å². The molecular formula is C34H35N3O4S2. The second kappa shape index (κ2) is 14.5. The summed E-state index contributed by atoms with van der Waals surface area (Å²) in [6.45, 7) is 1.69. The van der Waals surface area contributed by atoms with Gasteiger partial charge in [0.2, 0.25) is 5.91 Å². The van der Waals surface area contributed by atoms with Crippen LogP contribution in [0.25, 0.3) is 11.1 Å². The molecule has 2 amide bonds. The third-order valence-corrected chi connectivity index (χ3v) is 11.2. The molecular weight excluding hydrogens is 579 g/mol. The van der Waals surface area contributed by atoms with Crippen molar-refractivity contribution in [2.45, 2.75) is 48.8 Å². The number of nitriles is 1. The van der Waals surface area contributed by atoms with E-state index in [9.17, 15) is 19.6 Å². The molecule has 222 valence electrons. The molecule has 2 N–H and O–H groups in total. The summed E-state index contributed by atoms with van der Waals surface area (Å²) in [7, 11) is -0.414. The van der Waals surface area contributed by atoms with Crippen molar-refractivity contribution >= 4 is 45.4 Å². The summed E-state index contributed by atoms with van der Waals surface area (Å²) in [6.07, 6.45) is 1.16. The van der Waals surface area contributed by atoms with E-state index in [1.54, 1.807) is 6.92 Å². The van der Waals surface area contributed by atoms with Gasteiger partial charge in [-0.15, -0.1) is 0 Å². The molecule has 7 nitrogen and oxygen atoms in total. The molecule has 5 rings (SSSR count). The van der Waals surface area contributed by atoms with E-state index in [1.165, 1.54) is 11.8 Å². The number of ether oxygens (including phenoxy) is 1. The van der Waals surface area contributed by atoms with E-state index in [2.05, 4.69) is 34.2 Å². The zero-order valence-electron chi connectivity index (χ0n) is 24.0. The van der Waals surface area contributed by atoms with Crippen molar-refractivity contribution in [2.75, 3.05) is 18.1 Å². The normalized spacial score (nSPS) is 17.3. The average Bonchev–Trinajstić information content (AvgIpc) is 3.67. The van der Waals surface area contributed by atoms with Crippen molar-refractivity contribution in [3.8, 4) is 17.2 Å². The minimum atomic E-state index is -0.939. The minimum absolute atomic E-state index is 0.0953. The number of hydrogen-bond donors (Lipinski definition) is 2. The molecule has 3 aromatic rings. The number of alkyl carbamates (subject to hydrolysis) is 1. The molecule has 0 radical (unpaired) electrons. The Bertz CT molecular complexity index is 1510. The van der Waals surface area contributed by atoms with Crippen molar-refractivity contribution in [1.82, 2.24) is 10.6 Å². The number of thioether (sulfide) groups is 1. The second-order valence-corrected chi connectivity index (χ2v) is 13.8. The Hall–Kier alpha value is -3.87. The van der Waals surface area contributed by atoms with Gasteiger partial charge in [0.25, 0.3) is 0 Å². The van der Waals surface area contributed by atoms with Crippen LogP contribution in [0.5, 0.6) is 0 Å². The summed E-state index contributed by atoms with van der Waals surface area (Å²) in [4.78, 5) is 39.6. The van der Waals surface area contributed by atoms with E-state index in [1.807, 2.05) is 66.7 Å². The van der Waals surface area contributed by atoms with Gasteiger partial charge in [0.05, 0.1) is 12.1 Å². The van der Waals surface area contributed by atoms with Crippen LogP contribution < -0.4 is 10.6 Å². The van der Waals surface area contributed by atoms with Crippen molar-refractivity contribution in [3.05, 3.63) is 95.6 Å². The van der Waals surface area contributed by atoms with E-state index >= 15 is 0 Å². The predicted molar refractivity (Wildman–Crippen MR) is 174 cm³/mol. The maximum atomic E-state index is 13.6. The van der Waals surface area contributed by atoms with Crippen LogP contribution in [0.2, 0.25) is 0 Å². The van der Waals surface area contributed by atoms with Crippen LogP contribution in [0.3, 0.4) is 0 Å². The van der Waals surface area contributed by atoms with Crippen molar-refractivity contribution < 1.29 is 19.1 Å². The van der Waals surface area contributed by atoms with Crippen molar-refractivity contribution in [3.63, 3.8) is 0 Å². The molecule has 0 saturated heterocycles. The lowest BCUT2D eigenvalue weighted by atomic mass is 9.98. The highest BCUT2D eigenvalue weighted by Crippen LogP contribution is 2.44. The third-order valence-electron chi connectivity index (χ3n) is 7.72. The zero-order chi connectivity index (χ0) is 30.2. The molecule has 0 fully saturated rings. The van der Waals surface area contributed by atoms with E-state index < -0.39 is 39.8 Å². The first-order valence-electron chi connectivity index (χ1n) is 14.4. The Kier molecular flexibility index (Phi) is 10.3. The molecule has 1 heterocycles. The third kappa shape index (κ3) is 7.38. The molecule has 1 aliphatic carbocycles. The van der Waals surface area contributed by atoms with Crippen LogP contribution in [0.15, 0.2) is 78.9 Å². The fourth-order valence-corrected chi connectivity index (χ4v) is 8.68. The summed E-state index contributed by atoms with van der Waals surface area (Å²) in [5, 5.41) is 16.6. The molecule has 9 heteroatoms. The number of benzene rings is 3. The topological polar surface area (TPSA) is 108 Å². The van der Waals surface area contributed by atoms with Gasteiger partial charge in [-0.05, 0) is 53.3 Å². The van der Waals surface area contributed by atoms with E-state index in [-0.39, 0.29) is 18.3 Å². The van der Waals surface area contributed by atoms with Crippen LogP contribution >= 0.6 is 22.2 Å². The molecule has 3 aromatic carbocycles. The van der Waals surface area contributed by atoms with Crippen molar-refractivity contribution in [2.24, 2.45) is 0 Å². The average molecular weight is 614 g/mol. The van der Waals surface area contributed by atoms with E-state index in [4.69, 9.17) is 4.74 Å². The van der Waals surface area contributed by atoms with Gasteiger partial charge in [0.15, 0.2) is 5.78 Å². The Balaban J connectivity index is 1.19. The number of Topliss-reactive ketones (excluding diaryl/α,β-unsaturated/α-hetero) is 1. The number of carbonyl (C=O) groups excluding carboxylic acids is 3. The van der Waals surface area contributed by atoms with Crippen LogP contribution in [-0.2, 0) is 20.1 Å². The second-order valence-electron chi connectivity index (χ2n) is 10.6. The Morgan fingerprint density at radius 1 is 0.977 bits per heavy atom. The molecule has 2 aliphatic rings. The van der Waals surface area contributed by atoms with Gasteiger partial charge < -0.3 is 15.4 Å². The number of fused-ring (bicyclic) bond motifs is 3. The first-order chi connectivity index (χ1) is 21.0. The standard InChI is InChI=1S/C34H35N3O4S2/c1-23(36-34(40)41-20-29-27-15-7-5-13-25(27)26-14-6-8-16-28(26)29)33(39)37-30(22-42-21-24-11-3-2-4-12-24)32(38)31(19-35)43-17-9-10-18-43/h2-8,11-17,23,29-31H,9-10,18,20-22H2,1H3,(H,36,40)(H,37,39)/t23-,30-,31?,43?/m0/s1. The molecule has 0 spiro atoms. The summed E-state index contributed by atoms with van der Waals surface area (Å²) in [5.41, 5.74) is 5.57. The first-order valence-corrected chi connectivity index (χ1v) is 17.1. The largest absolute Gasteiger partial charge is 0.449 e. The molecule has 2 unspecified atom stereocenters. The molecule has 43 heavy (non-hydrogen) atoms. The Labute approximate surface area is 259 Å². The summed E-state index contributed by atoms with van der Waals surface area (Å²) >= 11 is 1.53. The van der Waals surface area contributed by atoms with Crippen molar-refractivity contribution in [1.29, 1.82) is 5.26 Å². The summed E-state index contributed by atoms with van der Waals surface area (Å²) in [5.74, 6) is 0.952. The minimum Gasteiger partial charge on any atom is -0.449 e.